The summed E-state index contributed by atoms with van der Waals surface area (Å²) in [6.45, 7) is 4.15. The van der Waals surface area contributed by atoms with Crippen molar-refractivity contribution in [3.8, 4) is 0 Å². The summed E-state index contributed by atoms with van der Waals surface area (Å²) in [5.74, 6) is 0. The van der Waals surface area contributed by atoms with Crippen LogP contribution in [0.15, 0.2) is 36.4 Å². The van der Waals surface area contributed by atoms with Gasteiger partial charge in [0.25, 0.3) is 0 Å². The highest BCUT2D eigenvalue weighted by atomic mass is 14.6. The molecule has 0 fully saturated rings. The maximum Gasteiger partial charge on any atom is 0.0266 e. The van der Waals surface area contributed by atoms with Crippen molar-refractivity contribution < 1.29 is 0 Å². The van der Waals surface area contributed by atoms with E-state index < -0.39 is 0 Å². The number of hydrogen-bond acceptors (Lipinski definition) is 1. The largest absolute Gasteiger partial charge is 0.324 e. The van der Waals surface area contributed by atoms with E-state index in [2.05, 4.69) is 43.3 Å². The standard InChI is InChI=1S/C13H15N/c1-9-4-3-5-11-6-7-12(10(2)14)8-13(9)11/h3-8,10H,14H2,1-2H3. The van der Waals surface area contributed by atoms with Crippen molar-refractivity contribution >= 4 is 10.8 Å². The molecule has 0 heterocycles. The summed E-state index contributed by atoms with van der Waals surface area (Å²) >= 11 is 0. The van der Waals surface area contributed by atoms with Gasteiger partial charge in [0.1, 0.15) is 0 Å². The SMILES string of the molecule is Cc1cccc2ccc(C(C)N)cc12. The average Bonchev–Trinajstić information content (AvgIpc) is 2.18. The molecule has 0 radical (unpaired) electrons. The Morgan fingerprint density at radius 1 is 1.14 bits per heavy atom. The normalized spacial score (nSPS) is 13.1. The van der Waals surface area contributed by atoms with Crippen LogP contribution in [-0.2, 0) is 0 Å². The molecule has 0 aromatic heterocycles. The maximum absolute atomic E-state index is 5.85. The van der Waals surface area contributed by atoms with Gasteiger partial charge in [-0.2, -0.15) is 0 Å². The van der Waals surface area contributed by atoms with Crippen LogP contribution >= 0.6 is 0 Å². The van der Waals surface area contributed by atoms with E-state index in [1.54, 1.807) is 0 Å². The molecule has 2 aromatic rings. The molecule has 2 rings (SSSR count). The third kappa shape index (κ3) is 1.51. The second-order valence-corrected chi connectivity index (χ2v) is 3.84. The molecule has 1 heteroatoms. The van der Waals surface area contributed by atoms with Gasteiger partial charge < -0.3 is 5.73 Å². The highest BCUT2D eigenvalue weighted by Crippen LogP contribution is 2.21. The quantitative estimate of drug-likeness (QED) is 0.725. The first-order chi connectivity index (χ1) is 6.68. The zero-order valence-electron chi connectivity index (χ0n) is 8.62. The van der Waals surface area contributed by atoms with E-state index in [0.29, 0.717) is 0 Å². The molecule has 0 amide bonds. The van der Waals surface area contributed by atoms with Crippen LogP contribution in [0.3, 0.4) is 0 Å². The Balaban J connectivity index is 2.70. The third-order valence-corrected chi connectivity index (χ3v) is 2.65. The highest BCUT2D eigenvalue weighted by Gasteiger charge is 2.01. The molecule has 0 saturated heterocycles. The van der Waals surface area contributed by atoms with Gasteiger partial charge in [-0.3, -0.25) is 0 Å². The Bertz CT molecular complexity index is 458. The van der Waals surface area contributed by atoms with Gasteiger partial charge in [-0.15, -0.1) is 0 Å². The van der Waals surface area contributed by atoms with Crippen molar-refractivity contribution in [2.45, 2.75) is 19.9 Å². The van der Waals surface area contributed by atoms with Gasteiger partial charge in [0, 0.05) is 6.04 Å². The van der Waals surface area contributed by atoms with Crippen molar-refractivity contribution in [1.29, 1.82) is 0 Å². The minimum Gasteiger partial charge on any atom is -0.324 e. The number of benzene rings is 2. The van der Waals surface area contributed by atoms with Crippen molar-refractivity contribution in [3.05, 3.63) is 47.5 Å². The molecule has 2 aromatic carbocycles. The average molecular weight is 185 g/mol. The Hall–Kier alpha value is -1.34. The Labute approximate surface area is 84.5 Å². The van der Waals surface area contributed by atoms with Crippen molar-refractivity contribution in [1.82, 2.24) is 0 Å². The molecule has 0 aliphatic heterocycles. The molecule has 0 aliphatic carbocycles. The van der Waals surface area contributed by atoms with Crippen LogP contribution in [0.25, 0.3) is 10.8 Å². The summed E-state index contributed by atoms with van der Waals surface area (Å²) in [5, 5.41) is 2.59. The molecular weight excluding hydrogens is 170 g/mol. The van der Waals surface area contributed by atoms with Gasteiger partial charge >= 0.3 is 0 Å². The summed E-state index contributed by atoms with van der Waals surface area (Å²) in [6.07, 6.45) is 0. The molecule has 0 saturated carbocycles. The van der Waals surface area contributed by atoms with Crippen LogP contribution in [0.4, 0.5) is 0 Å². The molecule has 2 N–H and O–H groups in total. The van der Waals surface area contributed by atoms with Crippen LogP contribution < -0.4 is 5.73 Å². The molecule has 14 heavy (non-hydrogen) atoms. The highest BCUT2D eigenvalue weighted by molar-refractivity contribution is 5.86. The molecule has 1 atom stereocenters. The van der Waals surface area contributed by atoms with Gasteiger partial charge in [0.2, 0.25) is 0 Å². The summed E-state index contributed by atoms with van der Waals surface area (Å²) in [6, 6.07) is 12.9. The number of hydrogen-bond donors (Lipinski definition) is 1. The van der Waals surface area contributed by atoms with Crippen LogP contribution in [0.5, 0.6) is 0 Å². The van der Waals surface area contributed by atoms with E-state index in [0.717, 1.165) is 0 Å². The number of rotatable bonds is 1. The van der Waals surface area contributed by atoms with Gasteiger partial charge in [-0.05, 0) is 41.8 Å². The molecule has 0 aliphatic rings. The molecule has 72 valence electrons. The monoisotopic (exact) mass is 185 g/mol. The topological polar surface area (TPSA) is 26.0 Å². The van der Waals surface area contributed by atoms with Gasteiger partial charge in [-0.1, -0.05) is 30.3 Å². The van der Waals surface area contributed by atoms with Crippen molar-refractivity contribution in [3.63, 3.8) is 0 Å². The van der Waals surface area contributed by atoms with E-state index in [1.165, 1.54) is 21.9 Å². The van der Waals surface area contributed by atoms with E-state index in [9.17, 15) is 0 Å². The smallest absolute Gasteiger partial charge is 0.0266 e. The Kier molecular flexibility index (Phi) is 2.26. The predicted octanol–water partition coefficient (Wildman–Crippen LogP) is 3.17. The first-order valence-corrected chi connectivity index (χ1v) is 4.93. The Morgan fingerprint density at radius 3 is 2.64 bits per heavy atom. The lowest BCUT2D eigenvalue weighted by Gasteiger charge is -2.08. The van der Waals surface area contributed by atoms with Gasteiger partial charge in [0.05, 0.1) is 0 Å². The van der Waals surface area contributed by atoms with Crippen molar-refractivity contribution in [2.75, 3.05) is 0 Å². The van der Waals surface area contributed by atoms with Gasteiger partial charge in [0.15, 0.2) is 0 Å². The Morgan fingerprint density at radius 2 is 1.93 bits per heavy atom. The summed E-state index contributed by atoms with van der Waals surface area (Å²) in [4.78, 5) is 0. The fourth-order valence-corrected chi connectivity index (χ4v) is 1.73. The number of nitrogens with two attached hydrogens (primary N) is 1. The maximum atomic E-state index is 5.85. The van der Waals surface area contributed by atoms with Crippen LogP contribution in [0.2, 0.25) is 0 Å². The fraction of sp³-hybridized carbons (Fsp3) is 0.231. The third-order valence-electron chi connectivity index (χ3n) is 2.65. The lowest BCUT2D eigenvalue weighted by atomic mass is 10.0. The van der Waals surface area contributed by atoms with Crippen molar-refractivity contribution in [2.24, 2.45) is 5.73 Å². The lowest BCUT2D eigenvalue weighted by Crippen LogP contribution is -2.04. The van der Waals surface area contributed by atoms with Gasteiger partial charge in [-0.25, -0.2) is 0 Å². The summed E-state index contributed by atoms with van der Waals surface area (Å²) in [7, 11) is 0. The minimum absolute atomic E-state index is 0.110. The molecule has 0 spiro atoms. The lowest BCUT2D eigenvalue weighted by molar-refractivity contribution is 0.820. The second kappa shape index (κ2) is 3.43. The van der Waals surface area contributed by atoms with E-state index in [4.69, 9.17) is 5.73 Å². The zero-order chi connectivity index (χ0) is 10.1. The second-order valence-electron chi connectivity index (χ2n) is 3.84. The molecule has 1 nitrogen and oxygen atoms in total. The summed E-state index contributed by atoms with van der Waals surface area (Å²) in [5.41, 5.74) is 8.37. The van der Waals surface area contributed by atoms with E-state index >= 15 is 0 Å². The summed E-state index contributed by atoms with van der Waals surface area (Å²) < 4.78 is 0. The van der Waals surface area contributed by atoms with E-state index in [1.807, 2.05) is 6.92 Å². The number of aryl methyl sites for hydroxylation is 1. The fourth-order valence-electron chi connectivity index (χ4n) is 1.73. The predicted molar refractivity (Wildman–Crippen MR) is 61.3 cm³/mol. The zero-order valence-corrected chi connectivity index (χ0v) is 8.62. The van der Waals surface area contributed by atoms with Crippen LogP contribution in [-0.4, -0.2) is 0 Å². The van der Waals surface area contributed by atoms with E-state index in [-0.39, 0.29) is 6.04 Å². The molecule has 1 unspecified atom stereocenters. The molecule has 0 bridgehead atoms. The number of fused-ring (bicyclic) bond motifs is 1. The van der Waals surface area contributed by atoms with Crippen LogP contribution in [0.1, 0.15) is 24.1 Å². The van der Waals surface area contributed by atoms with Crippen LogP contribution in [0, 0.1) is 6.92 Å². The first-order valence-electron chi connectivity index (χ1n) is 4.93. The molecular formula is C13H15N. The first kappa shape index (κ1) is 9.22. The minimum atomic E-state index is 0.110.